The number of ether oxygens (including phenoxy) is 1. The van der Waals surface area contributed by atoms with Crippen LogP contribution in [0.3, 0.4) is 0 Å². The largest absolute Gasteiger partial charge is 0.497 e. The van der Waals surface area contributed by atoms with Crippen molar-refractivity contribution in [2.45, 2.75) is 6.42 Å². The highest BCUT2D eigenvalue weighted by molar-refractivity contribution is 5.85. The van der Waals surface area contributed by atoms with Gasteiger partial charge in [0.25, 0.3) is 0 Å². The molecule has 1 rings (SSSR count). The van der Waals surface area contributed by atoms with Gasteiger partial charge in [0, 0.05) is 0 Å². The quantitative estimate of drug-likeness (QED) is 0.852. The van der Waals surface area contributed by atoms with Gasteiger partial charge in [-0.2, -0.15) is 0 Å². The molecule has 76 valence electrons. The second-order valence-corrected chi connectivity index (χ2v) is 2.39. The van der Waals surface area contributed by atoms with E-state index < -0.39 is 0 Å². The van der Waals surface area contributed by atoms with E-state index in [1.165, 1.54) is 5.56 Å². The molecule has 1 aromatic rings. The lowest BCUT2D eigenvalue weighted by Crippen LogP contribution is -2.02. The zero-order chi connectivity index (χ0) is 8.10. The second kappa shape index (κ2) is 8.17. The maximum Gasteiger partial charge on any atom is 0.118 e. The van der Waals surface area contributed by atoms with Gasteiger partial charge in [-0.05, 0) is 30.7 Å². The van der Waals surface area contributed by atoms with E-state index in [1.54, 1.807) is 7.11 Å². The molecule has 13 heavy (non-hydrogen) atoms. The Morgan fingerprint density at radius 1 is 1.15 bits per heavy atom. The molecule has 0 saturated heterocycles. The van der Waals surface area contributed by atoms with E-state index >= 15 is 0 Å². The fourth-order valence-electron chi connectivity index (χ4n) is 0.959. The number of hydrogen-bond acceptors (Lipinski definition) is 2. The molecule has 0 heterocycles. The van der Waals surface area contributed by atoms with Crippen molar-refractivity contribution in [1.29, 1.82) is 0 Å². The van der Waals surface area contributed by atoms with Gasteiger partial charge >= 0.3 is 0 Å². The molecule has 0 saturated carbocycles. The van der Waals surface area contributed by atoms with E-state index in [-0.39, 0.29) is 24.8 Å². The van der Waals surface area contributed by atoms with Crippen LogP contribution in [0.2, 0.25) is 0 Å². The first-order chi connectivity index (χ1) is 5.36. The van der Waals surface area contributed by atoms with Gasteiger partial charge < -0.3 is 10.5 Å². The first-order valence-corrected chi connectivity index (χ1v) is 3.70. The molecule has 0 amide bonds. The number of halogens is 2. The predicted octanol–water partition coefficient (Wildman–Crippen LogP) is 2.04. The minimum atomic E-state index is 0. The SMILES string of the molecule is COc1ccc(CCN)cc1.Cl.Cl. The first-order valence-electron chi connectivity index (χ1n) is 3.70. The fourth-order valence-corrected chi connectivity index (χ4v) is 0.959. The van der Waals surface area contributed by atoms with Gasteiger partial charge in [0.2, 0.25) is 0 Å². The maximum atomic E-state index is 5.40. The Kier molecular flexibility index (Phi) is 9.46. The van der Waals surface area contributed by atoms with Gasteiger partial charge in [0.15, 0.2) is 0 Å². The van der Waals surface area contributed by atoms with Gasteiger partial charge in [0.05, 0.1) is 7.11 Å². The molecule has 0 atom stereocenters. The van der Waals surface area contributed by atoms with Crippen LogP contribution in [0.1, 0.15) is 5.56 Å². The molecule has 0 unspecified atom stereocenters. The highest BCUT2D eigenvalue weighted by Gasteiger charge is 1.91. The van der Waals surface area contributed by atoms with Crippen molar-refractivity contribution in [2.24, 2.45) is 5.73 Å². The van der Waals surface area contributed by atoms with Gasteiger partial charge in [0.1, 0.15) is 5.75 Å². The third-order valence-corrected chi connectivity index (χ3v) is 1.59. The zero-order valence-electron chi connectivity index (χ0n) is 7.53. The van der Waals surface area contributed by atoms with Crippen LogP contribution in [0.4, 0.5) is 0 Å². The highest BCUT2D eigenvalue weighted by Crippen LogP contribution is 2.10. The number of hydrogen-bond donors (Lipinski definition) is 1. The Labute approximate surface area is 91.3 Å². The predicted molar refractivity (Wildman–Crippen MR) is 60.2 cm³/mol. The molecule has 0 bridgehead atoms. The Hall–Kier alpha value is -0.440. The minimum Gasteiger partial charge on any atom is -0.497 e. The number of methoxy groups -OCH3 is 1. The number of nitrogens with two attached hydrogens (primary N) is 1. The second-order valence-electron chi connectivity index (χ2n) is 2.39. The summed E-state index contributed by atoms with van der Waals surface area (Å²) < 4.78 is 5.02. The van der Waals surface area contributed by atoms with Crippen molar-refractivity contribution in [3.05, 3.63) is 29.8 Å². The standard InChI is InChI=1S/C9H13NO.2ClH/c1-11-9-4-2-8(3-5-9)6-7-10;;/h2-5H,6-7,10H2,1H3;2*1H. The van der Waals surface area contributed by atoms with E-state index in [1.807, 2.05) is 24.3 Å². The molecule has 1 aromatic carbocycles. The molecule has 4 heteroatoms. The summed E-state index contributed by atoms with van der Waals surface area (Å²) in [4.78, 5) is 0. The summed E-state index contributed by atoms with van der Waals surface area (Å²) in [7, 11) is 1.66. The molecule has 0 radical (unpaired) electrons. The smallest absolute Gasteiger partial charge is 0.118 e. The molecular formula is C9H15Cl2NO. The first kappa shape index (κ1) is 15.1. The third-order valence-electron chi connectivity index (χ3n) is 1.59. The molecule has 2 N–H and O–H groups in total. The average Bonchev–Trinajstić information content (AvgIpc) is 2.07. The van der Waals surface area contributed by atoms with Crippen LogP contribution in [-0.4, -0.2) is 13.7 Å². The normalized spacial score (nSPS) is 8.15. The molecule has 0 fully saturated rings. The summed E-state index contributed by atoms with van der Waals surface area (Å²) in [5, 5.41) is 0. The highest BCUT2D eigenvalue weighted by atomic mass is 35.5. The lowest BCUT2D eigenvalue weighted by molar-refractivity contribution is 0.414. The van der Waals surface area contributed by atoms with Crippen LogP contribution < -0.4 is 10.5 Å². The van der Waals surface area contributed by atoms with Crippen molar-refractivity contribution in [1.82, 2.24) is 0 Å². The van der Waals surface area contributed by atoms with Crippen molar-refractivity contribution in [3.8, 4) is 5.75 Å². The monoisotopic (exact) mass is 223 g/mol. The van der Waals surface area contributed by atoms with Crippen LogP contribution in [-0.2, 0) is 6.42 Å². The van der Waals surface area contributed by atoms with Crippen molar-refractivity contribution >= 4 is 24.8 Å². The topological polar surface area (TPSA) is 35.2 Å². The van der Waals surface area contributed by atoms with Crippen molar-refractivity contribution in [3.63, 3.8) is 0 Å². The summed E-state index contributed by atoms with van der Waals surface area (Å²) >= 11 is 0. The molecule has 0 spiro atoms. The van der Waals surface area contributed by atoms with E-state index in [0.29, 0.717) is 6.54 Å². The van der Waals surface area contributed by atoms with Gasteiger partial charge in [-0.25, -0.2) is 0 Å². The van der Waals surface area contributed by atoms with Crippen molar-refractivity contribution < 1.29 is 4.74 Å². The fraction of sp³-hybridized carbons (Fsp3) is 0.333. The molecule has 0 aliphatic heterocycles. The van der Waals surface area contributed by atoms with Crippen LogP contribution in [0.15, 0.2) is 24.3 Å². The van der Waals surface area contributed by atoms with Crippen LogP contribution in [0.25, 0.3) is 0 Å². The van der Waals surface area contributed by atoms with Gasteiger partial charge in [-0.3, -0.25) is 0 Å². The van der Waals surface area contributed by atoms with E-state index in [2.05, 4.69) is 0 Å². The van der Waals surface area contributed by atoms with Crippen LogP contribution in [0, 0.1) is 0 Å². The van der Waals surface area contributed by atoms with E-state index in [4.69, 9.17) is 10.5 Å². The Bertz CT molecular complexity index is 213. The number of benzene rings is 1. The molecule has 2 nitrogen and oxygen atoms in total. The summed E-state index contributed by atoms with van der Waals surface area (Å²) in [6.45, 7) is 0.701. The average molecular weight is 224 g/mol. The lowest BCUT2D eigenvalue weighted by Gasteiger charge is -2.00. The molecular weight excluding hydrogens is 209 g/mol. The van der Waals surface area contributed by atoms with E-state index in [0.717, 1.165) is 12.2 Å². The summed E-state index contributed by atoms with van der Waals surface area (Å²) in [5.74, 6) is 0.894. The van der Waals surface area contributed by atoms with E-state index in [9.17, 15) is 0 Å². The molecule has 0 aliphatic carbocycles. The minimum absolute atomic E-state index is 0. The lowest BCUT2D eigenvalue weighted by atomic mass is 10.1. The Morgan fingerprint density at radius 3 is 2.08 bits per heavy atom. The van der Waals surface area contributed by atoms with Gasteiger partial charge in [-0.15, -0.1) is 24.8 Å². The summed E-state index contributed by atoms with van der Waals surface area (Å²) in [5.41, 5.74) is 6.66. The summed E-state index contributed by atoms with van der Waals surface area (Å²) in [6, 6.07) is 7.97. The summed E-state index contributed by atoms with van der Waals surface area (Å²) in [6.07, 6.45) is 0.935. The molecule has 0 aliphatic rings. The van der Waals surface area contributed by atoms with Crippen LogP contribution >= 0.6 is 24.8 Å². The van der Waals surface area contributed by atoms with Gasteiger partial charge in [-0.1, -0.05) is 12.1 Å². The molecule has 0 aromatic heterocycles. The maximum absolute atomic E-state index is 5.40. The Balaban J connectivity index is 0. The number of rotatable bonds is 3. The van der Waals surface area contributed by atoms with Crippen LogP contribution in [0.5, 0.6) is 5.75 Å². The van der Waals surface area contributed by atoms with Crippen molar-refractivity contribution in [2.75, 3.05) is 13.7 Å². The Morgan fingerprint density at radius 2 is 1.69 bits per heavy atom. The third kappa shape index (κ3) is 4.98. The zero-order valence-corrected chi connectivity index (χ0v) is 9.16.